The number of benzene rings is 1. The molecule has 1 atom stereocenters. The first-order chi connectivity index (χ1) is 9.58. The van der Waals surface area contributed by atoms with Crippen LogP contribution in [0.2, 0.25) is 5.02 Å². The van der Waals surface area contributed by atoms with E-state index in [0.717, 1.165) is 12.1 Å². The highest BCUT2D eigenvalue weighted by molar-refractivity contribution is 7.93. The van der Waals surface area contributed by atoms with E-state index in [0.29, 0.717) is 12.6 Å². The van der Waals surface area contributed by atoms with Crippen molar-refractivity contribution in [2.75, 3.05) is 17.8 Å². The Hall–Kier alpha value is -0.990. The van der Waals surface area contributed by atoms with Gasteiger partial charge in [-0.2, -0.15) is 13.2 Å². The molecule has 0 aliphatic rings. The smallest absolute Gasteiger partial charge is 0.316 e. The zero-order valence-electron chi connectivity index (χ0n) is 11.5. The third-order valence-electron chi connectivity index (χ3n) is 2.76. The van der Waals surface area contributed by atoms with Crippen LogP contribution in [0.3, 0.4) is 0 Å². The van der Waals surface area contributed by atoms with Crippen molar-refractivity contribution in [1.29, 1.82) is 0 Å². The van der Waals surface area contributed by atoms with E-state index in [4.69, 9.17) is 11.6 Å². The summed E-state index contributed by atoms with van der Waals surface area (Å²) in [6.07, 6.45) is -4.57. The van der Waals surface area contributed by atoms with Crippen LogP contribution < -0.4 is 10.0 Å². The Bertz CT molecular complexity index is 591. The van der Waals surface area contributed by atoms with Gasteiger partial charge in [-0.1, -0.05) is 18.5 Å². The standard InChI is InChI=1S/C12H16ClF3N2O2S/c1-3-17-7-8(2)21(19,20)18-11-6-9(12(14,15)16)4-5-10(11)13/h4-6,8,17-18H,3,7H2,1-2H3. The maximum absolute atomic E-state index is 12.6. The molecular weight excluding hydrogens is 329 g/mol. The molecule has 1 aromatic rings. The van der Waals surface area contributed by atoms with Gasteiger partial charge in [0.25, 0.3) is 0 Å². The summed E-state index contributed by atoms with van der Waals surface area (Å²) in [5, 5.41) is 1.95. The summed E-state index contributed by atoms with van der Waals surface area (Å²) in [4.78, 5) is 0. The molecule has 0 radical (unpaired) electrons. The lowest BCUT2D eigenvalue weighted by atomic mass is 10.2. The lowest BCUT2D eigenvalue weighted by molar-refractivity contribution is -0.137. The van der Waals surface area contributed by atoms with Crippen molar-refractivity contribution in [2.45, 2.75) is 25.3 Å². The second-order valence-corrected chi connectivity index (χ2v) is 6.96. The maximum atomic E-state index is 12.6. The van der Waals surface area contributed by atoms with Crippen LogP contribution in [0.4, 0.5) is 18.9 Å². The van der Waals surface area contributed by atoms with Crippen LogP contribution in [0.25, 0.3) is 0 Å². The van der Waals surface area contributed by atoms with Crippen molar-refractivity contribution in [2.24, 2.45) is 0 Å². The highest BCUT2D eigenvalue weighted by Gasteiger charge is 2.31. The topological polar surface area (TPSA) is 58.2 Å². The third-order valence-corrected chi connectivity index (χ3v) is 4.82. The van der Waals surface area contributed by atoms with Crippen molar-refractivity contribution in [3.05, 3.63) is 28.8 Å². The molecule has 0 spiro atoms. The average Bonchev–Trinajstić information content (AvgIpc) is 2.36. The van der Waals surface area contributed by atoms with E-state index in [1.54, 1.807) is 0 Å². The molecule has 1 aromatic carbocycles. The van der Waals surface area contributed by atoms with Crippen molar-refractivity contribution in [1.82, 2.24) is 5.32 Å². The Labute approximate surface area is 126 Å². The SMILES string of the molecule is CCNCC(C)S(=O)(=O)Nc1cc(C(F)(F)F)ccc1Cl. The Morgan fingerprint density at radius 2 is 1.95 bits per heavy atom. The number of anilines is 1. The van der Waals surface area contributed by atoms with Gasteiger partial charge in [0.1, 0.15) is 0 Å². The summed E-state index contributed by atoms with van der Waals surface area (Å²) < 4.78 is 64.0. The average molecular weight is 345 g/mol. The van der Waals surface area contributed by atoms with Gasteiger partial charge in [0.15, 0.2) is 0 Å². The minimum Gasteiger partial charge on any atom is -0.316 e. The number of sulfonamides is 1. The molecule has 0 aliphatic carbocycles. The van der Waals surface area contributed by atoms with Gasteiger partial charge in [-0.3, -0.25) is 4.72 Å². The summed E-state index contributed by atoms with van der Waals surface area (Å²) in [7, 11) is -3.83. The van der Waals surface area contributed by atoms with Crippen LogP contribution in [-0.2, 0) is 16.2 Å². The fourth-order valence-corrected chi connectivity index (χ4v) is 2.73. The fourth-order valence-electron chi connectivity index (χ4n) is 1.49. The molecular formula is C12H16ClF3N2O2S. The number of nitrogens with one attached hydrogen (secondary N) is 2. The van der Waals surface area contributed by atoms with E-state index in [1.807, 2.05) is 6.92 Å². The van der Waals surface area contributed by atoms with Gasteiger partial charge in [-0.25, -0.2) is 8.42 Å². The molecule has 0 aliphatic heterocycles. The van der Waals surface area contributed by atoms with E-state index < -0.39 is 27.0 Å². The number of hydrogen-bond donors (Lipinski definition) is 2. The monoisotopic (exact) mass is 344 g/mol. The predicted molar refractivity (Wildman–Crippen MR) is 77.0 cm³/mol. The van der Waals surface area contributed by atoms with Crippen LogP contribution in [0, 0.1) is 0 Å². The van der Waals surface area contributed by atoms with Gasteiger partial charge in [-0.15, -0.1) is 0 Å². The highest BCUT2D eigenvalue weighted by Crippen LogP contribution is 2.34. The molecule has 21 heavy (non-hydrogen) atoms. The zero-order valence-corrected chi connectivity index (χ0v) is 13.0. The minimum absolute atomic E-state index is 0.0952. The molecule has 0 saturated carbocycles. The predicted octanol–water partition coefficient (Wildman–Crippen LogP) is 3.10. The number of halogens is 4. The second-order valence-electron chi connectivity index (χ2n) is 4.46. The largest absolute Gasteiger partial charge is 0.416 e. The normalized spacial score (nSPS) is 14.0. The van der Waals surface area contributed by atoms with Crippen LogP contribution in [-0.4, -0.2) is 26.8 Å². The molecule has 0 bridgehead atoms. The van der Waals surface area contributed by atoms with E-state index in [1.165, 1.54) is 6.92 Å². The van der Waals surface area contributed by atoms with E-state index >= 15 is 0 Å². The van der Waals surface area contributed by atoms with Crippen molar-refractivity contribution >= 4 is 27.3 Å². The van der Waals surface area contributed by atoms with Gasteiger partial charge in [0.05, 0.1) is 21.5 Å². The Balaban J connectivity index is 3.01. The Morgan fingerprint density at radius 3 is 2.48 bits per heavy atom. The van der Waals surface area contributed by atoms with Crippen LogP contribution in [0.5, 0.6) is 0 Å². The number of rotatable bonds is 6. The molecule has 4 nitrogen and oxygen atoms in total. The maximum Gasteiger partial charge on any atom is 0.416 e. The lowest BCUT2D eigenvalue weighted by Gasteiger charge is -2.17. The molecule has 0 heterocycles. The molecule has 1 rings (SSSR count). The van der Waals surface area contributed by atoms with Crippen molar-refractivity contribution in [3.8, 4) is 0 Å². The van der Waals surface area contributed by atoms with Crippen LogP contribution >= 0.6 is 11.6 Å². The molecule has 120 valence electrons. The van der Waals surface area contributed by atoms with E-state index in [9.17, 15) is 21.6 Å². The van der Waals surface area contributed by atoms with E-state index in [-0.39, 0.29) is 17.3 Å². The summed E-state index contributed by atoms with van der Waals surface area (Å²) in [6, 6.07) is 2.49. The summed E-state index contributed by atoms with van der Waals surface area (Å²) >= 11 is 5.75. The van der Waals surface area contributed by atoms with Crippen molar-refractivity contribution in [3.63, 3.8) is 0 Å². The molecule has 0 fully saturated rings. The van der Waals surface area contributed by atoms with Gasteiger partial charge >= 0.3 is 6.18 Å². The van der Waals surface area contributed by atoms with Crippen LogP contribution in [0.1, 0.15) is 19.4 Å². The van der Waals surface area contributed by atoms with Gasteiger partial charge in [-0.05, 0) is 31.7 Å². The molecule has 0 amide bonds. The fraction of sp³-hybridized carbons (Fsp3) is 0.500. The van der Waals surface area contributed by atoms with Gasteiger partial charge < -0.3 is 5.32 Å². The number of hydrogen-bond acceptors (Lipinski definition) is 3. The van der Waals surface area contributed by atoms with Gasteiger partial charge in [0.2, 0.25) is 10.0 Å². The quantitative estimate of drug-likeness (QED) is 0.833. The van der Waals surface area contributed by atoms with Gasteiger partial charge in [0, 0.05) is 6.54 Å². The molecule has 2 N–H and O–H groups in total. The Morgan fingerprint density at radius 1 is 1.33 bits per heavy atom. The summed E-state index contributed by atoms with van der Waals surface area (Å²) in [6.45, 7) is 4.04. The first kappa shape index (κ1) is 18.1. The van der Waals surface area contributed by atoms with E-state index in [2.05, 4.69) is 10.0 Å². The molecule has 1 unspecified atom stereocenters. The molecule has 0 saturated heterocycles. The first-order valence-electron chi connectivity index (χ1n) is 6.17. The highest BCUT2D eigenvalue weighted by atomic mass is 35.5. The number of alkyl halides is 3. The van der Waals surface area contributed by atoms with Crippen molar-refractivity contribution < 1.29 is 21.6 Å². The summed E-state index contributed by atoms with van der Waals surface area (Å²) in [5.41, 5.74) is -1.25. The Kier molecular flexibility index (Phi) is 5.89. The minimum atomic E-state index is -4.57. The molecule has 0 aromatic heterocycles. The first-order valence-corrected chi connectivity index (χ1v) is 8.09. The zero-order chi connectivity index (χ0) is 16.3. The van der Waals surface area contributed by atoms with Crippen LogP contribution in [0.15, 0.2) is 18.2 Å². The second kappa shape index (κ2) is 6.85. The third kappa shape index (κ3) is 5.05. The lowest BCUT2D eigenvalue weighted by Crippen LogP contribution is -2.34. The summed E-state index contributed by atoms with van der Waals surface area (Å²) in [5.74, 6) is 0. The molecule has 9 heteroatoms.